The number of hydrogen-bond acceptors (Lipinski definition) is 1. The molecule has 3 heteroatoms. The van der Waals surface area contributed by atoms with E-state index in [-0.39, 0.29) is 10.8 Å². The van der Waals surface area contributed by atoms with E-state index in [0.717, 1.165) is 52.4 Å². The minimum Gasteiger partial charge on any atom is -0.294 e. The fraction of sp³-hybridized carbons (Fsp3) is 0.444. The molecule has 1 heterocycles. The molecule has 4 aliphatic carbocycles. The van der Waals surface area contributed by atoms with Crippen LogP contribution in [0.4, 0.5) is 0 Å². The average Bonchev–Trinajstić information content (AvgIpc) is 3.45. The summed E-state index contributed by atoms with van der Waals surface area (Å²) in [5.74, 6) is 4.47. The summed E-state index contributed by atoms with van der Waals surface area (Å²) in [7, 11) is 0. The molecule has 1 atom stereocenters. The third-order valence-corrected chi connectivity index (χ3v) is 12.8. The van der Waals surface area contributed by atoms with Crippen LogP contribution in [0.2, 0.25) is 5.02 Å². The zero-order valence-electron chi connectivity index (χ0n) is 29.4. The summed E-state index contributed by atoms with van der Waals surface area (Å²) in [6.45, 7) is 13.2. The summed E-state index contributed by atoms with van der Waals surface area (Å²) in [4.78, 5) is 5.64. The molecule has 9 rings (SSSR count). The van der Waals surface area contributed by atoms with Crippen molar-refractivity contribution in [2.45, 2.75) is 103 Å². The summed E-state index contributed by atoms with van der Waals surface area (Å²) in [5, 5.41) is 3.38. The van der Waals surface area contributed by atoms with E-state index in [4.69, 9.17) is 16.6 Å². The lowest BCUT2D eigenvalue weighted by Crippen LogP contribution is -2.49. The molecular weight excluding hydrogens is 604 g/mol. The second kappa shape index (κ2) is 12.2. The Hall–Kier alpha value is -3.36. The minimum atomic E-state index is 0.0498. The van der Waals surface area contributed by atoms with E-state index in [1.54, 1.807) is 0 Å². The van der Waals surface area contributed by atoms with Crippen LogP contribution in [0, 0.1) is 23.7 Å². The van der Waals surface area contributed by atoms with Gasteiger partial charge in [0, 0.05) is 11.0 Å². The summed E-state index contributed by atoms with van der Waals surface area (Å²) in [6, 6.07) is 27.2. The molecule has 0 spiro atoms. The number of fused-ring (bicyclic) bond motifs is 2. The molecule has 0 N–H and O–H groups in total. The summed E-state index contributed by atoms with van der Waals surface area (Å²) < 4.78 is 2.50. The lowest BCUT2D eigenvalue weighted by Gasteiger charge is -2.56. The number of benzene rings is 4. The van der Waals surface area contributed by atoms with E-state index < -0.39 is 0 Å². The molecule has 1 aromatic heterocycles. The zero-order valence-corrected chi connectivity index (χ0v) is 30.1. The van der Waals surface area contributed by atoms with Crippen LogP contribution >= 0.6 is 11.6 Å². The molecule has 4 aromatic carbocycles. The van der Waals surface area contributed by atoms with Crippen molar-refractivity contribution in [3.05, 3.63) is 107 Å². The first-order chi connectivity index (χ1) is 23.2. The van der Waals surface area contributed by atoms with E-state index >= 15 is 0 Å². The molecule has 2 nitrogen and oxygen atoms in total. The Morgan fingerprint density at radius 1 is 0.896 bits per heavy atom. The summed E-state index contributed by atoms with van der Waals surface area (Å²) in [5.41, 5.74) is 8.59. The second-order valence-electron chi connectivity index (χ2n) is 16.7. The molecule has 0 radical (unpaired) electrons. The summed E-state index contributed by atoms with van der Waals surface area (Å²) in [6.07, 6.45) is 14.7. The number of aromatic nitrogens is 2. The Kier molecular flexibility index (Phi) is 8.10. The van der Waals surface area contributed by atoms with Crippen molar-refractivity contribution in [2.24, 2.45) is 23.7 Å². The number of hydrogen-bond donors (Lipinski definition) is 0. The average molecular weight is 655 g/mol. The molecule has 0 aliphatic heterocycles. The number of rotatable bonds is 9. The van der Waals surface area contributed by atoms with E-state index in [2.05, 4.69) is 118 Å². The third-order valence-electron chi connectivity index (χ3n) is 12.4. The topological polar surface area (TPSA) is 17.8 Å². The van der Waals surface area contributed by atoms with Gasteiger partial charge in [0.05, 0.1) is 21.7 Å². The highest BCUT2D eigenvalue weighted by atomic mass is 35.5. The van der Waals surface area contributed by atoms with Gasteiger partial charge in [-0.1, -0.05) is 106 Å². The second-order valence-corrected chi connectivity index (χ2v) is 17.1. The van der Waals surface area contributed by atoms with Crippen LogP contribution in [-0.4, -0.2) is 9.55 Å². The van der Waals surface area contributed by atoms with Crippen LogP contribution in [0.5, 0.6) is 0 Å². The number of imidazole rings is 1. The molecule has 4 bridgehead atoms. The minimum absolute atomic E-state index is 0.0498. The number of nitrogens with zero attached hydrogens (tertiary/aromatic N) is 2. The maximum Gasteiger partial charge on any atom is 0.120 e. The molecule has 0 saturated heterocycles. The van der Waals surface area contributed by atoms with Gasteiger partial charge in [-0.05, 0) is 133 Å². The Morgan fingerprint density at radius 3 is 2.27 bits per heavy atom. The Labute approximate surface area is 292 Å². The molecule has 4 saturated carbocycles. The quantitative estimate of drug-likeness (QED) is 0.145. The van der Waals surface area contributed by atoms with E-state index in [0.29, 0.717) is 5.92 Å². The predicted molar refractivity (Wildman–Crippen MR) is 204 cm³/mol. The van der Waals surface area contributed by atoms with Crippen molar-refractivity contribution in [1.29, 1.82) is 0 Å². The van der Waals surface area contributed by atoms with Crippen LogP contribution in [0.25, 0.3) is 38.6 Å². The summed E-state index contributed by atoms with van der Waals surface area (Å²) >= 11 is 7.65. The zero-order chi connectivity index (χ0) is 33.2. The molecule has 4 fully saturated rings. The number of allylic oxidation sites excluding steroid dienone is 1. The van der Waals surface area contributed by atoms with Gasteiger partial charge in [-0.25, -0.2) is 4.98 Å². The molecule has 48 heavy (non-hydrogen) atoms. The molecule has 5 aromatic rings. The largest absolute Gasteiger partial charge is 0.294 e. The van der Waals surface area contributed by atoms with Gasteiger partial charge in [0.25, 0.3) is 0 Å². The van der Waals surface area contributed by atoms with Crippen molar-refractivity contribution in [2.75, 3.05) is 0 Å². The molecule has 248 valence electrons. The van der Waals surface area contributed by atoms with Gasteiger partial charge in [0.1, 0.15) is 5.82 Å². The van der Waals surface area contributed by atoms with Gasteiger partial charge in [-0.15, -0.1) is 6.58 Å². The van der Waals surface area contributed by atoms with Crippen molar-refractivity contribution in [1.82, 2.24) is 9.55 Å². The highest BCUT2D eigenvalue weighted by molar-refractivity contribution is 6.35. The maximum absolute atomic E-state index is 7.65. The smallest absolute Gasteiger partial charge is 0.120 e. The SMILES string of the molecule is C=CCC(CC)CCc1ccc2c(c1)nc(C13CC4CC(CC(C4)C1)C3)n2-c1cccc(-c2ccc(C(C)(C)C)c3ccccc23)c1Cl. The fourth-order valence-electron chi connectivity index (χ4n) is 10.4. The lowest BCUT2D eigenvalue weighted by atomic mass is 9.49. The normalized spacial score (nSPS) is 24.1. The lowest BCUT2D eigenvalue weighted by molar-refractivity contribution is -0.00982. The fourth-order valence-corrected chi connectivity index (χ4v) is 10.8. The maximum atomic E-state index is 7.65. The van der Waals surface area contributed by atoms with Crippen molar-refractivity contribution >= 4 is 33.4 Å². The van der Waals surface area contributed by atoms with E-state index in [9.17, 15) is 0 Å². The van der Waals surface area contributed by atoms with Crippen LogP contribution < -0.4 is 0 Å². The first-order valence-corrected chi connectivity index (χ1v) is 19.0. The molecule has 0 amide bonds. The monoisotopic (exact) mass is 654 g/mol. The third kappa shape index (κ3) is 5.43. The van der Waals surface area contributed by atoms with Gasteiger partial charge >= 0.3 is 0 Å². The Balaban J connectivity index is 1.29. The van der Waals surface area contributed by atoms with Gasteiger partial charge in [-0.2, -0.15) is 0 Å². The highest BCUT2D eigenvalue weighted by Gasteiger charge is 2.54. The van der Waals surface area contributed by atoms with Crippen LogP contribution in [-0.2, 0) is 17.3 Å². The van der Waals surface area contributed by atoms with Crippen LogP contribution in [0.1, 0.15) is 102 Å². The van der Waals surface area contributed by atoms with Gasteiger partial charge in [0.15, 0.2) is 0 Å². The Bertz CT molecular complexity index is 1970. The van der Waals surface area contributed by atoms with Gasteiger partial charge in [0.2, 0.25) is 0 Å². The number of halogens is 1. The van der Waals surface area contributed by atoms with Crippen LogP contribution in [0.3, 0.4) is 0 Å². The number of aryl methyl sites for hydroxylation is 1. The standard InChI is InChI=1S/C45H51ClN2/c1-6-11-29(7-2)16-17-30-18-21-40-39(25-30)47-43(45-26-31-22-32(27-45)24-33(23-31)28-45)48(40)41-15-10-14-37(42(41)46)35-19-20-38(44(3,4)5)36-13-9-8-12-34(35)36/h6,8-10,12-15,18-21,25,29,31-33H,1,7,11,16-17,22-24,26-28H2,2-5H3. The highest BCUT2D eigenvalue weighted by Crippen LogP contribution is 2.61. The van der Waals surface area contributed by atoms with Crippen molar-refractivity contribution in [3.8, 4) is 16.8 Å². The van der Waals surface area contributed by atoms with Crippen molar-refractivity contribution in [3.63, 3.8) is 0 Å². The first kappa shape index (κ1) is 31.9. The molecule has 1 unspecified atom stereocenters. The van der Waals surface area contributed by atoms with E-state index in [1.165, 1.54) is 90.2 Å². The first-order valence-electron chi connectivity index (χ1n) is 18.6. The van der Waals surface area contributed by atoms with E-state index in [1.807, 2.05) is 0 Å². The van der Waals surface area contributed by atoms with Gasteiger partial charge < -0.3 is 0 Å². The van der Waals surface area contributed by atoms with Gasteiger partial charge in [-0.3, -0.25) is 4.57 Å². The predicted octanol–water partition coefficient (Wildman–Crippen LogP) is 12.8. The molecule has 4 aliphatic rings. The molecular formula is C45H51ClN2. The Morgan fingerprint density at radius 2 is 1.60 bits per heavy atom. The van der Waals surface area contributed by atoms with Crippen LogP contribution in [0.15, 0.2) is 85.5 Å². The van der Waals surface area contributed by atoms with Crippen molar-refractivity contribution < 1.29 is 0 Å².